The van der Waals surface area contributed by atoms with Gasteiger partial charge in [0.05, 0.1) is 13.7 Å². The van der Waals surface area contributed by atoms with E-state index in [1.54, 1.807) is 25.3 Å². The molecule has 6 nitrogen and oxygen atoms in total. The Kier molecular flexibility index (Phi) is 8.68. The Morgan fingerprint density at radius 3 is 2.62 bits per heavy atom. The van der Waals surface area contributed by atoms with Crippen molar-refractivity contribution in [3.05, 3.63) is 29.8 Å². The Balaban J connectivity index is 2.49. The van der Waals surface area contributed by atoms with E-state index in [9.17, 15) is 4.79 Å². The number of ether oxygens (including phenoxy) is 1. The number of amides is 1. The molecule has 0 spiro atoms. The molecule has 6 heteroatoms. The van der Waals surface area contributed by atoms with E-state index in [1.807, 2.05) is 13.0 Å². The van der Waals surface area contributed by atoms with Crippen LogP contribution in [0, 0.1) is 5.92 Å². The van der Waals surface area contributed by atoms with Crippen LogP contribution in [0.3, 0.4) is 0 Å². The molecule has 0 fully saturated rings. The average molecular weight is 334 g/mol. The van der Waals surface area contributed by atoms with Crippen LogP contribution in [0.15, 0.2) is 29.3 Å². The second-order valence-electron chi connectivity index (χ2n) is 5.93. The minimum Gasteiger partial charge on any atom is -0.497 e. The van der Waals surface area contributed by atoms with Gasteiger partial charge in [0, 0.05) is 24.7 Å². The summed E-state index contributed by atoms with van der Waals surface area (Å²) in [4.78, 5) is 16.6. The molecule has 0 aromatic heterocycles. The monoisotopic (exact) mass is 334 g/mol. The maximum absolute atomic E-state index is 12.1. The molecule has 0 aliphatic carbocycles. The molecular formula is C18H30N4O2. The molecule has 0 heterocycles. The van der Waals surface area contributed by atoms with Gasteiger partial charge in [-0.05, 0) is 38.0 Å². The van der Waals surface area contributed by atoms with Gasteiger partial charge in [-0.1, -0.05) is 19.9 Å². The van der Waals surface area contributed by atoms with Gasteiger partial charge < -0.3 is 20.7 Å². The van der Waals surface area contributed by atoms with Gasteiger partial charge in [0.1, 0.15) is 5.75 Å². The van der Waals surface area contributed by atoms with Crippen molar-refractivity contribution in [2.24, 2.45) is 10.9 Å². The highest BCUT2D eigenvalue weighted by molar-refractivity contribution is 5.94. The molecule has 1 aromatic carbocycles. The largest absolute Gasteiger partial charge is 0.497 e. The lowest BCUT2D eigenvalue weighted by Crippen LogP contribution is -2.44. The minimum absolute atomic E-state index is 0.127. The van der Waals surface area contributed by atoms with Crippen LogP contribution in [-0.4, -0.2) is 44.7 Å². The van der Waals surface area contributed by atoms with E-state index >= 15 is 0 Å². The zero-order valence-corrected chi connectivity index (χ0v) is 15.3. The quantitative estimate of drug-likeness (QED) is 0.386. The predicted octanol–water partition coefficient (Wildman–Crippen LogP) is 2.02. The molecule has 1 rings (SSSR count). The third kappa shape index (κ3) is 6.89. The predicted molar refractivity (Wildman–Crippen MR) is 98.7 cm³/mol. The summed E-state index contributed by atoms with van der Waals surface area (Å²) in [5, 5.41) is 9.44. The van der Waals surface area contributed by atoms with E-state index < -0.39 is 0 Å². The smallest absolute Gasteiger partial charge is 0.251 e. The lowest BCUT2D eigenvalue weighted by Gasteiger charge is -2.20. The Hall–Kier alpha value is -2.24. The summed E-state index contributed by atoms with van der Waals surface area (Å²) < 4.78 is 5.13. The van der Waals surface area contributed by atoms with Gasteiger partial charge in [-0.2, -0.15) is 0 Å². The number of hydrogen-bond donors (Lipinski definition) is 3. The van der Waals surface area contributed by atoms with Crippen molar-refractivity contribution in [2.45, 2.75) is 33.7 Å². The first kappa shape index (κ1) is 19.8. The van der Waals surface area contributed by atoms with Crippen molar-refractivity contribution in [3.63, 3.8) is 0 Å². The Bertz CT molecular complexity index is 544. The van der Waals surface area contributed by atoms with Crippen LogP contribution in [0.4, 0.5) is 0 Å². The van der Waals surface area contributed by atoms with E-state index in [2.05, 4.69) is 41.7 Å². The summed E-state index contributed by atoms with van der Waals surface area (Å²) in [5.74, 6) is 1.83. The lowest BCUT2D eigenvalue weighted by molar-refractivity contribution is 0.0954. The molecule has 1 amide bonds. The van der Waals surface area contributed by atoms with Crippen molar-refractivity contribution in [3.8, 4) is 5.75 Å². The van der Waals surface area contributed by atoms with Gasteiger partial charge in [-0.3, -0.25) is 9.79 Å². The van der Waals surface area contributed by atoms with Crippen molar-refractivity contribution >= 4 is 11.9 Å². The van der Waals surface area contributed by atoms with Gasteiger partial charge >= 0.3 is 0 Å². The molecule has 24 heavy (non-hydrogen) atoms. The van der Waals surface area contributed by atoms with Gasteiger partial charge in [0.2, 0.25) is 0 Å². The van der Waals surface area contributed by atoms with Crippen molar-refractivity contribution in [2.75, 3.05) is 26.7 Å². The van der Waals surface area contributed by atoms with Gasteiger partial charge in [0.25, 0.3) is 5.91 Å². The van der Waals surface area contributed by atoms with Crippen LogP contribution < -0.4 is 20.7 Å². The van der Waals surface area contributed by atoms with Crippen LogP contribution in [-0.2, 0) is 0 Å². The topological polar surface area (TPSA) is 74.8 Å². The van der Waals surface area contributed by atoms with Crippen LogP contribution in [0.1, 0.15) is 38.1 Å². The fourth-order valence-electron chi connectivity index (χ4n) is 1.91. The third-order valence-electron chi connectivity index (χ3n) is 3.71. The highest BCUT2D eigenvalue weighted by Crippen LogP contribution is 2.12. The first-order valence-corrected chi connectivity index (χ1v) is 8.45. The van der Waals surface area contributed by atoms with E-state index in [0.29, 0.717) is 36.4 Å². The Labute approximate surface area is 145 Å². The molecular weight excluding hydrogens is 304 g/mol. The second-order valence-corrected chi connectivity index (χ2v) is 5.93. The molecule has 0 saturated carbocycles. The maximum Gasteiger partial charge on any atom is 0.251 e. The van der Waals surface area contributed by atoms with E-state index in [1.165, 1.54) is 0 Å². The number of rotatable bonds is 8. The highest BCUT2D eigenvalue weighted by Gasteiger charge is 2.09. The first-order chi connectivity index (χ1) is 11.5. The van der Waals surface area contributed by atoms with Gasteiger partial charge in [-0.15, -0.1) is 0 Å². The zero-order valence-electron chi connectivity index (χ0n) is 15.3. The second kappa shape index (κ2) is 10.5. The fraction of sp³-hybridized carbons (Fsp3) is 0.556. The molecule has 0 bridgehead atoms. The normalized spacial score (nSPS) is 12.7. The van der Waals surface area contributed by atoms with Crippen molar-refractivity contribution in [1.29, 1.82) is 0 Å². The highest BCUT2D eigenvalue weighted by atomic mass is 16.5. The van der Waals surface area contributed by atoms with E-state index in [0.717, 1.165) is 12.5 Å². The molecule has 1 unspecified atom stereocenters. The number of carbonyl (C=O) groups is 1. The molecule has 134 valence electrons. The van der Waals surface area contributed by atoms with Crippen LogP contribution in [0.25, 0.3) is 0 Å². The first-order valence-electron chi connectivity index (χ1n) is 8.45. The van der Waals surface area contributed by atoms with Crippen molar-refractivity contribution in [1.82, 2.24) is 16.0 Å². The molecule has 1 atom stereocenters. The molecule has 0 aliphatic heterocycles. The fourth-order valence-corrected chi connectivity index (χ4v) is 1.91. The van der Waals surface area contributed by atoms with Gasteiger partial charge in [-0.25, -0.2) is 0 Å². The Morgan fingerprint density at radius 2 is 2.00 bits per heavy atom. The summed E-state index contributed by atoms with van der Waals surface area (Å²) >= 11 is 0. The van der Waals surface area contributed by atoms with Crippen molar-refractivity contribution < 1.29 is 9.53 Å². The molecule has 1 aromatic rings. The number of guanidine groups is 1. The minimum atomic E-state index is -0.127. The summed E-state index contributed by atoms with van der Waals surface area (Å²) in [6.45, 7) is 10.3. The molecule has 3 N–H and O–H groups in total. The zero-order chi connectivity index (χ0) is 17.9. The number of carbonyl (C=O) groups excluding carboxylic acids is 1. The number of hydrogen-bond acceptors (Lipinski definition) is 3. The Morgan fingerprint density at radius 1 is 1.25 bits per heavy atom. The number of nitrogens with zero attached hydrogens (tertiary/aromatic N) is 1. The van der Waals surface area contributed by atoms with E-state index in [-0.39, 0.29) is 5.91 Å². The summed E-state index contributed by atoms with van der Waals surface area (Å²) in [7, 11) is 1.58. The SMILES string of the molecule is CCNC(=NCCNC(=O)c1cccc(OC)c1)NC(C)C(C)C. The molecule has 0 aliphatic rings. The van der Waals surface area contributed by atoms with Crippen LogP contribution >= 0.6 is 0 Å². The number of benzene rings is 1. The number of aliphatic imine (C=N–C) groups is 1. The van der Waals surface area contributed by atoms with Gasteiger partial charge in [0.15, 0.2) is 5.96 Å². The molecule has 0 radical (unpaired) electrons. The summed E-state index contributed by atoms with van der Waals surface area (Å²) in [6.07, 6.45) is 0. The standard InChI is InChI=1S/C18H30N4O2/c1-6-19-18(22-14(4)13(2)3)21-11-10-20-17(23)15-8-7-9-16(12-15)24-5/h7-9,12-14H,6,10-11H2,1-5H3,(H,20,23)(H2,19,21,22). The number of nitrogens with one attached hydrogen (secondary N) is 3. The van der Waals surface area contributed by atoms with Crippen LogP contribution in [0.5, 0.6) is 5.75 Å². The summed E-state index contributed by atoms with van der Waals surface area (Å²) in [6, 6.07) is 7.41. The average Bonchev–Trinajstić information content (AvgIpc) is 2.58. The maximum atomic E-state index is 12.1. The summed E-state index contributed by atoms with van der Waals surface area (Å²) in [5.41, 5.74) is 0.580. The van der Waals surface area contributed by atoms with E-state index in [4.69, 9.17) is 4.74 Å². The number of methoxy groups -OCH3 is 1. The molecule has 0 saturated heterocycles. The lowest BCUT2D eigenvalue weighted by atomic mass is 10.1. The van der Waals surface area contributed by atoms with Crippen LogP contribution in [0.2, 0.25) is 0 Å². The third-order valence-corrected chi connectivity index (χ3v) is 3.71.